The van der Waals surface area contributed by atoms with Crippen molar-refractivity contribution in [3.8, 4) is 5.75 Å². The van der Waals surface area contributed by atoms with E-state index in [-0.39, 0.29) is 29.8 Å². The SMILES string of the molecule is O=C(NCc1ccccc1OC(F)F)C1CCN(c2ccccc2[N+](=O)[O-])CC1. The predicted octanol–water partition coefficient (Wildman–Crippen LogP) is 3.73. The van der Waals surface area contributed by atoms with Crippen LogP contribution in [0.25, 0.3) is 0 Å². The topological polar surface area (TPSA) is 84.7 Å². The maximum Gasteiger partial charge on any atom is 0.387 e. The molecule has 1 saturated heterocycles. The molecule has 2 aromatic rings. The van der Waals surface area contributed by atoms with Crippen molar-refractivity contribution in [2.24, 2.45) is 5.92 Å². The molecular formula is C20H21F2N3O4. The number of hydrogen-bond acceptors (Lipinski definition) is 5. The number of anilines is 1. The van der Waals surface area contributed by atoms with Crippen LogP contribution in [0.2, 0.25) is 0 Å². The highest BCUT2D eigenvalue weighted by atomic mass is 19.3. The minimum atomic E-state index is -2.93. The summed E-state index contributed by atoms with van der Waals surface area (Å²) in [5, 5.41) is 14.0. The first-order valence-electron chi connectivity index (χ1n) is 9.24. The first-order chi connectivity index (χ1) is 14.0. The zero-order valence-electron chi connectivity index (χ0n) is 15.6. The molecule has 1 aliphatic heterocycles. The molecule has 0 aromatic heterocycles. The summed E-state index contributed by atoms with van der Waals surface area (Å²) >= 11 is 0. The zero-order chi connectivity index (χ0) is 20.8. The first kappa shape index (κ1) is 20.5. The normalized spacial score (nSPS) is 14.7. The molecule has 154 valence electrons. The van der Waals surface area contributed by atoms with Gasteiger partial charge in [0.15, 0.2) is 0 Å². The van der Waals surface area contributed by atoms with Crippen molar-refractivity contribution in [2.75, 3.05) is 18.0 Å². The molecule has 0 saturated carbocycles. The number of piperidine rings is 1. The van der Waals surface area contributed by atoms with Crippen LogP contribution in [-0.2, 0) is 11.3 Å². The van der Waals surface area contributed by atoms with Crippen LogP contribution in [0.1, 0.15) is 18.4 Å². The Kier molecular flexibility index (Phi) is 6.58. The van der Waals surface area contributed by atoms with Gasteiger partial charge in [0.25, 0.3) is 5.69 Å². The van der Waals surface area contributed by atoms with Crippen molar-refractivity contribution in [1.29, 1.82) is 0 Å². The standard InChI is InChI=1S/C20H21F2N3O4/c21-20(22)29-18-8-4-1-5-15(18)13-23-19(26)14-9-11-24(12-10-14)16-6-2-3-7-17(16)25(27)28/h1-8,14,20H,9-13H2,(H,23,26). The molecule has 1 heterocycles. The number of hydrogen-bond donors (Lipinski definition) is 1. The largest absolute Gasteiger partial charge is 0.434 e. The van der Waals surface area contributed by atoms with E-state index in [2.05, 4.69) is 10.1 Å². The monoisotopic (exact) mass is 405 g/mol. The Balaban J connectivity index is 1.56. The minimum absolute atomic E-state index is 0.0361. The molecule has 0 bridgehead atoms. The number of amides is 1. The molecular weight excluding hydrogens is 384 g/mol. The van der Waals surface area contributed by atoms with E-state index in [1.165, 1.54) is 12.1 Å². The molecule has 2 aromatic carbocycles. The number of para-hydroxylation sites is 3. The molecule has 3 rings (SSSR count). The van der Waals surface area contributed by atoms with Gasteiger partial charge in [-0.25, -0.2) is 0 Å². The van der Waals surface area contributed by atoms with Crippen LogP contribution < -0.4 is 15.0 Å². The van der Waals surface area contributed by atoms with Gasteiger partial charge in [0.2, 0.25) is 5.91 Å². The smallest absolute Gasteiger partial charge is 0.387 e. The van der Waals surface area contributed by atoms with E-state index in [0.29, 0.717) is 37.2 Å². The number of carbonyl (C=O) groups excluding carboxylic acids is 1. The third kappa shape index (κ3) is 5.18. The van der Waals surface area contributed by atoms with Crippen molar-refractivity contribution in [1.82, 2.24) is 5.32 Å². The molecule has 1 aliphatic rings. The Labute approximate surface area is 166 Å². The van der Waals surface area contributed by atoms with E-state index in [4.69, 9.17) is 0 Å². The van der Waals surface area contributed by atoms with Crippen LogP contribution in [0, 0.1) is 16.0 Å². The Morgan fingerprint density at radius 2 is 1.83 bits per heavy atom. The van der Waals surface area contributed by atoms with Gasteiger partial charge < -0.3 is 15.0 Å². The summed E-state index contributed by atoms with van der Waals surface area (Å²) in [7, 11) is 0. The van der Waals surface area contributed by atoms with Gasteiger partial charge in [-0.15, -0.1) is 0 Å². The molecule has 1 amide bonds. The number of carbonyl (C=O) groups is 1. The molecule has 9 heteroatoms. The van der Waals surface area contributed by atoms with Crippen molar-refractivity contribution in [2.45, 2.75) is 26.0 Å². The molecule has 0 unspecified atom stereocenters. The fourth-order valence-corrected chi connectivity index (χ4v) is 3.46. The third-order valence-electron chi connectivity index (χ3n) is 4.93. The predicted molar refractivity (Wildman–Crippen MR) is 103 cm³/mol. The number of rotatable bonds is 7. The average molecular weight is 405 g/mol. The van der Waals surface area contributed by atoms with Crippen molar-refractivity contribution >= 4 is 17.3 Å². The number of nitro groups is 1. The highest BCUT2D eigenvalue weighted by Crippen LogP contribution is 2.31. The molecule has 7 nitrogen and oxygen atoms in total. The Morgan fingerprint density at radius 3 is 2.52 bits per heavy atom. The van der Waals surface area contributed by atoms with Gasteiger partial charge in [0.05, 0.1) is 4.92 Å². The van der Waals surface area contributed by atoms with Gasteiger partial charge in [-0.2, -0.15) is 8.78 Å². The lowest BCUT2D eigenvalue weighted by molar-refractivity contribution is -0.384. The number of ether oxygens (including phenoxy) is 1. The summed E-state index contributed by atoms with van der Waals surface area (Å²) < 4.78 is 29.4. The van der Waals surface area contributed by atoms with Crippen LogP contribution >= 0.6 is 0 Å². The lowest BCUT2D eigenvalue weighted by atomic mass is 9.95. The minimum Gasteiger partial charge on any atom is -0.434 e. The lowest BCUT2D eigenvalue weighted by Crippen LogP contribution is -2.40. The molecule has 0 aliphatic carbocycles. The van der Waals surface area contributed by atoms with Crippen LogP contribution in [0.15, 0.2) is 48.5 Å². The maximum absolute atomic E-state index is 12.5. The Bertz CT molecular complexity index is 870. The van der Waals surface area contributed by atoms with Crippen LogP contribution in [0.5, 0.6) is 5.75 Å². The number of halogens is 2. The Hall–Kier alpha value is -3.23. The van der Waals surface area contributed by atoms with Gasteiger partial charge in [0.1, 0.15) is 11.4 Å². The van der Waals surface area contributed by atoms with Crippen molar-refractivity contribution in [3.63, 3.8) is 0 Å². The van der Waals surface area contributed by atoms with Gasteiger partial charge in [-0.3, -0.25) is 14.9 Å². The number of nitrogens with zero attached hydrogens (tertiary/aromatic N) is 2. The highest BCUT2D eigenvalue weighted by molar-refractivity contribution is 5.79. The fourth-order valence-electron chi connectivity index (χ4n) is 3.46. The van der Waals surface area contributed by atoms with Gasteiger partial charge in [-0.1, -0.05) is 30.3 Å². The fraction of sp³-hybridized carbons (Fsp3) is 0.350. The molecule has 0 spiro atoms. The molecule has 1 N–H and O–H groups in total. The quantitative estimate of drug-likeness (QED) is 0.561. The van der Waals surface area contributed by atoms with Gasteiger partial charge in [-0.05, 0) is 25.0 Å². The zero-order valence-corrected chi connectivity index (χ0v) is 15.6. The Morgan fingerprint density at radius 1 is 1.17 bits per heavy atom. The lowest BCUT2D eigenvalue weighted by Gasteiger charge is -2.32. The molecule has 0 atom stereocenters. The van der Waals surface area contributed by atoms with E-state index >= 15 is 0 Å². The molecule has 0 radical (unpaired) electrons. The van der Waals surface area contributed by atoms with E-state index in [1.54, 1.807) is 36.4 Å². The molecule has 29 heavy (non-hydrogen) atoms. The van der Waals surface area contributed by atoms with Crippen LogP contribution in [0.3, 0.4) is 0 Å². The summed E-state index contributed by atoms with van der Waals surface area (Å²) in [6, 6.07) is 12.9. The summed E-state index contributed by atoms with van der Waals surface area (Å²) in [6.45, 7) is -1.80. The first-order valence-corrected chi connectivity index (χ1v) is 9.24. The van der Waals surface area contributed by atoms with Gasteiger partial charge in [0, 0.05) is 37.2 Å². The van der Waals surface area contributed by atoms with Crippen LogP contribution in [-0.4, -0.2) is 30.5 Å². The second-order valence-corrected chi connectivity index (χ2v) is 6.71. The van der Waals surface area contributed by atoms with Crippen molar-refractivity contribution in [3.05, 3.63) is 64.2 Å². The summed E-state index contributed by atoms with van der Waals surface area (Å²) in [4.78, 5) is 25.2. The molecule has 1 fully saturated rings. The highest BCUT2D eigenvalue weighted by Gasteiger charge is 2.28. The maximum atomic E-state index is 12.5. The third-order valence-corrected chi connectivity index (χ3v) is 4.93. The van der Waals surface area contributed by atoms with E-state index in [9.17, 15) is 23.7 Å². The van der Waals surface area contributed by atoms with Gasteiger partial charge >= 0.3 is 6.61 Å². The second kappa shape index (κ2) is 9.31. The average Bonchev–Trinajstić information content (AvgIpc) is 2.72. The van der Waals surface area contributed by atoms with E-state index < -0.39 is 11.5 Å². The summed E-state index contributed by atoms with van der Waals surface area (Å²) in [5.41, 5.74) is 1.07. The van der Waals surface area contributed by atoms with E-state index in [1.807, 2.05) is 4.90 Å². The number of alkyl halides is 2. The summed E-state index contributed by atoms with van der Waals surface area (Å²) in [5.74, 6) is -0.370. The van der Waals surface area contributed by atoms with Crippen molar-refractivity contribution < 1.29 is 23.2 Å². The second-order valence-electron chi connectivity index (χ2n) is 6.71. The number of nitrogens with one attached hydrogen (secondary N) is 1. The van der Waals surface area contributed by atoms with E-state index in [0.717, 1.165) is 0 Å². The number of nitro benzene ring substituents is 1. The summed E-state index contributed by atoms with van der Waals surface area (Å²) in [6.07, 6.45) is 1.10. The number of benzene rings is 2. The van der Waals surface area contributed by atoms with Crippen LogP contribution in [0.4, 0.5) is 20.2 Å².